The summed E-state index contributed by atoms with van der Waals surface area (Å²) in [5.74, 6) is -0.558. The number of amidine groups is 1. The highest BCUT2D eigenvalue weighted by Gasteiger charge is 2.49. The lowest BCUT2D eigenvalue weighted by Crippen LogP contribution is -2.61. The van der Waals surface area contributed by atoms with Crippen molar-refractivity contribution in [3.63, 3.8) is 0 Å². The van der Waals surface area contributed by atoms with Gasteiger partial charge in [0.05, 0.1) is 19.6 Å². The summed E-state index contributed by atoms with van der Waals surface area (Å²) in [6, 6.07) is 5.31. The molecule has 0 bridgehead atoms. The van der Waals surface area contributed by atoms with Gasteiger partial charge in [0, 0.05) is 25.2 Å². The first kappa shape index (κ1) is 20.5. The van der Waals surface area contributed by atoms with Gasteiger partial charge in [0.15, 0.2) is 24.7 Å². The maximum atomic E-state index is 13.5. The summed E-state index contributed by atoms with van der Waals surface area (Å²) in [5, 5.41) is 0. The Morgan fingerprint density at radius 1 is 1.16 bits per heavy atom. The van der Waals surface area contributed by atoms with Gasteiger partial charge in [-0.15, -0.1) is 0 Å². The standard InChI is InChI=1S/C23H25FN5O3/c1-26-20-19(22(31)29(23(26)32)14-15-2-6-17(24)7-3-15)18(8-9-25-20)27-10-12-28(13-11-27)21(30)16-4-5-16/h2-3,6-9,16,19H,4-5,10-14H2,1H3/q+1. The van der Waals surface area contributed by atoms with Crippen LogP contribution in [0.25, 0.3) is 0 Å². The lowest BCUT2D eigenvalue weighted by Gasteiger charge is -2.38. The van der Waals surface area contributed by atoms with E-state index in [2.05, 4.69) is 9.57 Å². The molecule has 3 fully saturated rings. The first-order valence-corrected chi connectivity index (χ1v) is 10.9. The van der Waals surface area contributed by atoms with Gasteiger partial charge >= 0.3 is 6.03 Å². The number of hydrogen-bond donors (Lipinski definition) is 0. The predicted octanol–water partition coefficient (Wildman–Crippen LogP) is 1.47. The highest BCUT2D eigenvalue weighted by molar-refractivity contribution is 6.30. The Morgan fingerprint density at radius 3 is 2.50 bits per heavy atom. The Kier molecular flexibility index (Phi) is 5.11. The normalized spacial score (nSPS) is 23.5. The van der Waals surface area contributed by atoms with Gasteiger partial charge in [0.2, 0.25) is 5.91 Å². The number of imide groups is 1. The molecule has 1 saturated carbocycles. The van der Waals surface area contributed by atoms with E-state index in [1.54, 1.807) is 25.4 Å². The number of piperazine rings is 1. The monoisotopic (exact) mass is 438 g/mol. The average Bonchev–Trinajstić information content (AvgIpc) is 3.66. The maximum absolute atomic E-state index is 13.5. The van der Waals surface area contributed by atoms with Crippen molar-refractivity contribution in [2.24, 2.45) is 16.8 Å². The third-order valence-electron chi connectivity index (χ3n) is 6.52. The maximum Gasteiger partial charge on any atom is 0.332 e. The number of hydrogen-bond acceptors (Lipinski definition) is 4. The number of carbonyl (C=O) groups excluding carboxylic acids is 3. The van der Waals surface area contributed by atoms with Gasteiger partial charge in [-0.3, -0.25) is 19.4 Å². The number of amides is 4. The van der Waals surface area contributed by atoms with E-state index in [1.165, 1.54) is 21.9 Å². The van der Waals surface area contributed by atoms with Crippen LogP contribution in [-0.2, 0) is 16.1 Å². The molecule has 1 unspecified atom stereocenters. The van der Waals surface area contributed by atoms with Gasteiger partial charge in [-0.2, -0.15) is 0 Å². The fourth-order valence-electron chi connectivity index (χ4n) is 4.52. The molecule has 0 aromatic heterocycles. The first-order chi connectivity index (χ1) is 15.4. The van der Waals surface area contributed by atoms with Crippen LogP contribution >= 0.6 is 0 Å². The first-order valence-electron chi connectivity index (χ1n) is 10.9. The minimum Gasteiger partial charge on any atom is -0.330 e. The molecule has 1 aromatic carbocycles. The number of urea groups is 1. The van der Waals surface area contributed by atoms with Crippen LogP contribution in [0.4, 0.5) is 9.18 Å². The lowest BCUT2D eigenvalue weighted by molar-refractivity contribution is -0.539. The van der Waals surface area contributed by atoms with Crippen molar-refractivity contribution < 1.29 is 23.3 Å². The SMILES string of the molecule is CN1C(=O)N(Cc2ccc(F)cc2)C(=O)C2C1=NC=CC2=[N+]1CCN(C(=O)C2CC2)CC1. The molecule has 2 saturated heterocycles. The fourth-order valence-corrected chi connectivity index (χ4v) is 4.52. The number of aliphatic imine (C=N–C) groups is 1. The second kappa shape index (κ2) is 7.96. The number of halogens is 1. The molecule has 0 N–H and O–H groups in total. The topological polar surface area (TPSA) is 76.3 Å². The quantitative estimate of drug-likeness (QED) is 0.671. The molecule has 32 heavy (non-hydrogen) atoms. The van der Waals surface area contributed by atoms with E-state index in [0.717, 1.165) is 18.6 Å². The van der Waals surface area contributed by atoms with Gasteiger partial charge in [0.25, 0.3) is 5.91 Å². The van der Waals surface area contributed by atoms with Crippen LogP contribution in [0.1, 0.15) is 18.4 Å². The van der Waals surface area contributed by atoms with E-state index in [1.807, 2.05) is 11.0 Å². The molecule has 8 nitrogen and oxygen atoms in total. The van der Waals surface area contributed by atoms with Crippen LogP contribution in [-0.4, -0.2) is 81.9 Å². The molecule has 1 atom stereocenters. The molecular weight excluding hydrogens is 413 g/mol. The largest absolute Gasteiger partial charge is 0.332 e. The number of benzene rings is 1. The van der Waals surface area contributed by atoms with E-state index in [9.17, 15) is 18.8 Å². The number of rotatable bonds is 3. The summed E-state index contributed by atoms with van der Waals surface area (Å²) in [6.07, 6.45) is 5.42. The number of nitrogens with zero attached hydrogens (tertiary/aromatic N) is 5. The molecule has 9 heteroatoms. The summed E-state index contributed by atoms with van der Waals surface area (Å²) in [4.78, 5) is 47.6. The van der Waals surface area contributed by atoms with Crippen molar-refractivity contribution in [1.82, 2.24) is 14.7 Å². The average molecular weight is 438 g/mol. The van der Waals surface area contributed by atoms with Crippen LogP contribution in [0.3, 0.4) is 0 Å². The van der Waals surface area contributed by atoms with E-state index < -0.39 is 11.9 Å². The Balaban J connectivity index is 1.40. The molecule has 1 aromatic rings. The minimum atomic E-state index is -0.686. The molecule has 1 aliphatic carbocycles. The van der Waals surface area contributed by atoms with Crippen molar-refractivity contribution >= 4 is 29.4 Å². The van der Waals surface area contributed by atoms with E-state index >= 15 is 0 Å². The van der Waals surface area contributed by atoms with Gasteiger partial charge in [-0.05, 0) is 30.5 Å². The number of carbonyl (C=O) groups is 3. The molecule has 166 valence electrons. The molecule has 4 amide bonds. The molecule has 3 aliphatic heterocycles. The van der Waals surface area contributed by atoms with Crippen molar-refractivity contribution in [2.45, 2.75) is 19.4 Å². The zero-order valence-electron chi connectivity index (χ0n) is 17.9. The van der Waals surface area contributed by atoms with Gasteiger partial charge in [0.1, 0.15) is 11.7 Å². The van der Waals surface area contributed by atoms with Crippen LogP contribution in [0.2, 0.25) is 0 Å². The third kappa shape index (κ3) is 3.61. The molecule has 5 rings (SSSR count). The Labute approximate surface area is 185 Å². The van der Waals surface area contributed by atoms with Gasteiger partial charge < -0.3 is 4.90 Å². The van der Waals surface area contributed by atoms with Gasteiger partial charge in [-0.25, -0.2) is 18.8 Å². The Morgan fingerprint density at radius 2 is 1.84 bits per heavy atom. The summed E-state index contributed by atoms with van der Waals surface area (Å²) < 4.78 is 15.4. The lowest BCUT2D eigenvalue weighted by atomic mass is 9.94. The zero-order valence-corrected chi connectivity index (χ0v) is 17.9. The Bertz CT molecular complexity index is 1060. The molecule has 0 radical (unpaired) electrons. The van der Waals surface area contributed by atoms with Crippen LogP contribution < -0.4 is 0 Å². The second-order valence-corrected chi connectivity index (χ2v) is 8.64. The van der Waals surface area contributed by atoms with E-state index in [-0.39, 0.29) is 30.1 Å². The Hall–Kier alpha value is -3.36. The van der Waals surface area contributed by atoms with Crippen molar-refractivity contribution in [3.8, 4) is 0 Å². The van der Waals surface area contributed by atoms with E-state index in [0.29, 0.717) is 37.6 Å². The zero-order chi connectivity index (χ0) is 22.4. The summed E-state index contributed by atoms with van der Waals surface area (Å²) in [7, 11) is 1.61. The predicted molar refractivity (Wildman–Crippen MR) is 114 cm³/mol. The van der Waals surface area contributed by atoms with Crippen molar-refractivity contribution in [2.75, 3.05) is 33.2 Å². The fraction of sp³-hybridized carbons (Fsp3) is 0.435. The summed E-state index contributed by atoms with van der Waals surface area (Å²) in [5.41, 5.74) is 1.46. The summed E-state index contributed by atoms with van der Waals surface area (Å²) >= 11 is 0. The van der Waals surface area contributed by atoms with Crippen molar-refractivity contribution in [1.29, 1.82) is 0 Å². The highest BCUT2D eigenvalue weighted by atomic mass is 19.1. The summed E-state index contributed by atoms with van der Waals surface area (Å²) in [6.45, 7) is 2.56. The minimum absolute atomic E-state index is 0.0622. The third-order valence-corrected chi connectivity index (χ3v) is 6.52. The van der Waals surface area contributed by atoms with Crippen molar-refractivity contribution in [3.05, 3.63) is 47.9 Å². The molecule has 3 heterocycles. The molecule has 0 spiro atoms. The second-order valence-electron chi connectivity index (χ2n) is 8.64. The smallest absolute Gasteiger partial charge is 0.330 e. The number of allylic oxidation sites excluding steroid dienone is 1. The van der Waals surface area contributed by atoms with Crippen LogP contribution in [0.5, 0.6) is 0 Å². The van der Waals surface area contributed by atoms with Crippen LogP contribution in [0, 0.1) is 17.7 Å². The van der Waals surface area contributed by atoms with Gasteiger partial charge in [-0.1, -0.05) is 12.1 Å². The highest BCUT2D eigenvalue weighted by Crippen LogP contribution is 2.31. The van der Waals surface area contributed by atoms with Crippen LogP contribution in [0.15, 0.2) is 41.5 Å². The molecular formula is C23H25FN5O3+. The van der Waals surface area contributed by atoms with E-state index in [4.69, 9.17) is 0 Å². The number of fused-ring (bicyclic) bond motifs is 1. The molecule has 4 aliphatic rings.